The van der Waals surface area contributed by atoms with Gasteiger partial charge in [0.05, 0.1) is 5.69 Å². The molecule has 2 nitrogen and oxygen atoms in total. The Balaban J connectivity index is 0.000000184. The molecule has 0 aliphatic carbocycles. The van der Waals surface area contributed by atoms with E-state index in [9.17, 15) is 0 Å². The van der Waals surface area contributed by atoms with E-state index in [0.717, 1.165) is 22.5 Å². The van der Waals surface area contributed by atoms with Gasteiger partial charge in [-0.15, -0.1) is 35.9 Å². The van der Waals surface area contributed by atoms with Gasteiger partial charge in [-0.25, -0.2) is 0 Å². The van der Waals surface area contributed by atoms with Crippen molar-refractivity contribution in [3.8, 4) is 44.8 Å². The molecular formula is C38H33IrN2-. The van der Waals surface area contributed by atoms with Crippen LogP contribution in [0, 0.1) is 33.8 Å². The Bertz CT molecular complexity index is 1520. The zero-order chi connectivity index (χ0) is 27.9. The quantitative estimate of drug-likeness (QED) is 0.170. The molecule has 0 fully saturated rings. The second-order valence-corrected chi connectivity index (χ2v) is 10.0. The molecule has 41 heavy (non-hydrogen) atoms. The summed E-state index contributed by atoms with van der Waals surface area (Å²) in [6, 6.07) is 42.6. The fourth-order valence-corrected chi connectivity index (χ4v) is 5.11. The molecule has 0 amide bonds. The van der Waals surface area contributed by atoms with Crippen molar-refractivity contribution in [2.75, 3.05) is 0 Å². The first-order valence-corrected chi connectivity index (χ1v) is 13.6. The third-order valence-corrected chi connectivity index (χ3v) is 7.12. The Morgan fingerprint density at radius 2 is 0.927 bits per heavy atom. The molecule has 1 radical (unpaired) electrons. The van der Waals surface area contributed by atoms with Gasteiger partial charge in [-0.2, -0.15) is 0 Å². The molecule has 205 valence electrons. The predicted octanol–water partition coefficient (Wildman–Crippen LogP) is 9.86. The van der Waals surface area contributed by atoms with Crippen molar-refractivity contribution in [2.45, 2.75) is 27.7 Å². The maximum Gasteiger partial charge on any atom is 0.0702 e. The van der Waals surface area contributed by atoms with E-state index in [1.54, 1.807) is 0 Å². The molecule has 0 spiro atoms. The third kappa shape index (κ3) is 7.13. The SMILES string of the molecule is Cc1cccc(C)c1-c1ccc(-c2[c-]cccc2)nc1.Cc1cccc(C)c1-c1ccc(-c2ccccc2)nc1.[Ir]. The van der Waals surface area contributed by atoms with Crippen LogP contribution in [0.15, 0.2) is 128 Å². The number of aromatic nitrogens is 2. The molecule has 0 saturated heterocycles. The van der Waals surface area contributed by atoms with Crippen LogP contribution in [0.1, 0.15) is 22.3 Å². The van der Waals surface area contributed by atoms with Crippen molar-refractivity contribution in [1.29, 1.82) is 0 Å². The second-order valence-electron chi connectivity index (χ2n) is 10.0. The molecule has 6 rings (SSSR count). The van der Waals surface area contributed by atoms with Gasteiger partial charge in [-0.05, 0) is 78.4 Å². The monoisotopic (exact) mass is 710 g/mol. The van der Waals surface area contributed by atoms with Crippen molar-refractivity contribution < 1.29 is 20.1 Å². The molecule has 0 N–H and O–H groups in total. The zero-order valence-electron chi connectivity index (χ0n) is 23.9. The van der Waals surface area contributed by atoms with Crippen molar-refractivity contribution >= 4 is 0 Å². The van der Waals surface area contributed by atoms with Gasteiger partial charge in [0.25, 0.3) is 0 Å². The van der Waals surface area contributed by atoms with Crippen molar-refractivity contribution in [2.24, 2.45) is 0 Å². The number of aryl methyl sites for hydroxylation is 4. The van der Waals surface area contributed by atoms with Crippen LogP contribution in [0.5, 0.6) is 0 Å². The van der Waals surface area contributed by atoms with E-state index in [4.69, 9.17) is 0 Å². The zero-order valence-corrected chi connectivity index (χ0v) is 26.2. The summed E-state index contributed by atoms with van der Waals surface area (Å²) in [5.41, 5.74) is 14.2. The fourth-order valence-electron chi connectivity index (χ4n) is 5.11. The molecule has 4 aromatic carbocycles. The topological polar surface area (TPSA) is 25.8 Å². The molecular weight excluding hydrogens is 677 g/mol. The van der Waals surface area contributed by atoms with Gasteiger partial charge in [0.15, 0.2) is 0 Å². The average Bonchev–Trinajstić information content (AvgIpc) is 2.99. The number of nitrogens with zero attached hydrogens (tertiary/aromatic N) is 2. The van der Waals surface area contributed by atoms with Crippen molar-refractivity contribution in [3.05, 3.63) is 156 Å². The van der Waals surface area contributed by atoms with Crippen molar-refractivity contribution in [3.63, 3.8) is 0 Å². The van der Waals surface area contributed by atoms with Crippen LogP contribution in [0.3, 0.4) is 0 Å². The molecule has 0 saturated carbocycles. The molecule has 2 aromatic heterocycles. The Morgan fingerprint density at radius 1 is 0.439 bits per heavy atom. The van der Waals surface area contributed by atoms with Gasteiger partial charge < -0.3 is 4.98 Å². The summed E-state index contributed by atoms with van der Waals surface area (Å²) in [5.74, 6) is 0. The van der Waals surface area contributed by atoms with Gasteiger partial charge in [0.2, 0.25) is 0 Å². The smallest absolute Gasteiger partial charge is 0.0702 e. The first-order chi connectivity index (χ1) is 19.5. The summed E-state index contributed by atoms with van der Waals surface area (Å²) in [5, 5.41) is 0. The van der Waals surface area contributed by atoms with Crippen LogP contribution < -0.4 is 0 Å². The van der Waals surface area contributed by atoms with E-state index < -0.39 is 0 Å². The maximum atomic E-state index is 4.61. The summed E-state index contributed by atoms with van der Waals surface area (Å²) in [4.78, 5) is 9.18. The third-order valence-electron chi connectivity index (χ3n) is 7.12. The van der Waals surface area contributed by atoms with E-state index >= 15 is 0 Å². The molecule has 2 heterocycles. The molecule has 0 aliphatic rings. The molecule has 0 aliphatic heterocycles. The Labute approximate surface area is 257 Å². The normalized spacial score (nSPS) is 10.2. The molecule has 0 unspecified atom stereocenters. The molecule has 6 aromatic rings. The predicted molar refractivity (Wildman–Crippen MR) is 168 cm³/mol. The Hall–Kier alpha value is -4.17. The van der Waals surface area contributed by atoms with Crippen LogP contribution in [-0.2, 0) is 20.1 Å². The second kappa shape index (κ2) is 13.9. The van der Waals surface area contributed by atoms with Gasteiger partial charge in [-0.3, -0.25) is 4.98 Å². The number of pyridine rings is 2. The summed E-state index contributed by atoms with van der Waals surface area (Å²) < 4.78 is 0. The van der Waals surface area contributed by atoms with Gasteiger partial charge in [0.1, 0.15) is 0 Å². The summed E-state index contributed by atoms with van der Waals surface area (Å²) in [6.07, 6.45) is 3.92. The van der Waals surface area contributed by atoms with E-state index in [-0.39, 0.29) is 20.1 Å². The Kier molecular flexibility index (Phi) is 10.1. The van der Waals surface area contributed by atoms with E-state index in [0.29, 0.717) is 0 Å². The van der Waals surface area contributed by atoms with Gasteiger partial charge in [0, 0.05) is 43.6 Å². The minimum atomic E-state index is 0. The average molecular weight is 710 g/mol. The van der Waals surface area contributed by atoms with Crippen LogP contribution in [-0.4, -0.2) is 9.97 Å². The Morgan fingerprint density at radius 3 is 1.37 bits per heavy atom. The van der Waals surface area contributed by atoms with Crippen LogP contribution in [0.4, 0.5) is 0 Å². The first-order valence-electron chi connectivity index (χ1n) is 13.6. The van der Waals surface area contributed by atoms with Crippen molar-refractivity contribution in [1.82, 2.24) is 9.97 Å². The maximum absolute atomic E-state index is 4.61. The summed E-state index contributed by atoms with van der Waals surface area (Å²) >= 11 is 0. The van der Waals surface area contributed by atoms with Crippen LogP contribution in [0.25, 0.3) is 44.8 Å². The minimum Gasteiger partial charge on any atom is -0.304 e. The van der Waals surface area contributed by atoms with Crippen LogP contribution >= 0.6 is 0 Å². The number of benzene rings is 4. The largest absolute Gasteiger partial charge is 0.304 e. The van der Waals surface area contributed by atoms with Gasteiger partial charge in [-0.1, -0.05) is 84.9 Å². The van der Waals surface area contributed by atoms with Gasteiger partial charge >= 0.3 is 0 Å². The molecule has 3 heteroatoms. The van der Waals surface area contributed by atoms with Crippen LogP contribution in [0.2, 0.25) is 0 Å². The number of rotatable bonds is 4. The molecule has 0 atom stereocenters. The van der Waals surface area contributed by atoms with E-state index in [2.05, 4.69) is 117 Å². The van der Waals surface area contributed by atoms with E-state index in [1.165, 1.54) is 44.5 Å². The summed E-state index contributed by atoms with van der Waals surface area (Å²) in [7, 11) is 0. The number of hydrogen-bond acceptors (Lipinski definition) is 2. The molecule has 0 bridgehead atoms. The first kappa shape index (κ1) is 29.8. The standard InChI is InChI=1S/C19H17N.C19H16N.Ir/c2*1-14-7-6-8-15(2)19(14)17-11-12-18(20-13-17)16-9-4-3-5-10-16;/h3-13H,1-2H3;3-9,11-13H,1-2H3;/q;-1;. The number of hydrogen-bond donors (Lipinski definition) is 0. The fraction of sp³-hybridized carbons (Fsp3) is 0.105. The van der Waals surface area contributed by atoms with E-state index in [1.807, 2.05) is 54.9 Å². The summed E-state index contributed by atoms with van der Waals surface area (Å²) in [6.45, 7) is 8.57. The minimum absolute atomic E-state index is 0.